The molecule has 2 N–H and O–H groups in total. The molecule has 1 aromatic rings. The molecule has 0 bridgehead atoms. The molecular weight excluding hydrogens is 288 g/mol. The van der Waals surface area contributed by atoms with E-state index >= 15 is 0 Å². The van der Waals surface area contributed by atoms with Gasteiger partial charge in [-0.2, -0.15) is 0 Å². The second kappa shape index (κ2) is 7.96. The van der Waals surface area contributed by atoms with Crippen molar-refractivity contribution in [1.82, 2.24) is 10.0 Å². The zero-order valence-corrected chi connectivity index (χ0v) is 14.5. The van der Waals surface area contributed by atoms with Crippen molar-refractivity contribution in [2.24, 2.45) is 5.92 Å². The van der Waals surface area contributed by atoms with Gasteiger partial charge in [-0.15, -0.1) is 0 Å². The summed E-state index contributed by atoms with van der Waals surface area (Å²) in [4.78, 5) is 0.242. The fraction of sp³-hybridized carbons (Fsp3) is 0.733. The summed E-state index contributed by atoms with van der Waals surface area (Å²) in [6.07, 6.45) is 1.96. The van der Waals surface area contributed by atoms with E-state index in [0.29, 0.717) is 18.1 Å². The zero-order valence-electron chi connectivity index (χ0n) is 13.7. The summed E-state index contributed by atoms with van der Waals surface area (Å²) in [5.41, 5.74) is 0. The van der Waals surface area contributed by atoms with Gasteiger partial charge < -0.3 is 9.73 Å². The summed E-state index contributed by atoms with van der Waals surface area (Å²) in [6, 6.07) is 1.51. The van der Waals surface area contributed by atoms with Crippen molar-refractivity contribution in [3.8, 4) is 0 Å². The van der Waals surface area contributed by atoms with Crippen LogP contribution >= 0.6 is 0 Å². The first-order valence-electron chi connectivity index (χ1n) is 7.64. The smallest absolute Gasteiger partial charge is 0.244 e. The van der Waals surface area contributed by atoms with E-state index in [1.165, 1.54) is 0 Å². The molecule has 0 aromatic carbocycles. The van der Waals surface area contributed by atoms with Gasteiger partial charge in [-0.05, 0) is 32.7 Å². The predicted octanol–water partition coefficient (Wildman–Crippen LogP) is 2.80. The fourth-order valence-electron chi connectivity index (χ4n) is 2.04. The Morgan fingerprint density at radius 2 is 1.95 bits per heavy atom. The molecule has 1 aromatic heterocycles. The molecule has 0 aliphatic rings. The van der Waals surface area contributed by atoms with Crippen molar-refractivity contribution < 1.29 is 12.8 Å². The molecule has 0 spiro atoms. The standard InChI is InChI=1S/C15H28N2O3S/c1-6-8-16-10-14-9-15(13(5)20-14)21(18,19)17-12(4)11(3)7-2/h9,11-12,16-17H,6-8,10H2,1-5H3. The number of aryl methyl sites for hydroxylation is 1. The highest BCUT2D eigenvalue weighted by Crippen LogP contribution is 2.21. The van der Waals surface area contributed by atoms with Crippen LogP contribution in [0.3, 0.4) is 0 Å². The molecule has 2 atom stereocenters. The van der Waals surface area contributed by atoms with Gasteiger partial charge in [0, 0.05) is 12.1 Å². The van der Waals surface area contributed by atoms with Crippen LogP contribution in [0.4, 0.5) is 0 Å². The molecule has 0 saturated carbocycles. The molecule has 0 aliphatic heterocycles. The molecule has 0 radical (unpaired) electrons. The van der Waals surface area contributed by atoms with Crippen LogP contribution in [0.1, 0.15) is 52.1 Å². The van der Waals surface area contributed by atoms with E-state index in [-0.39, 0.29) is 16.9 Å². The molecule has 122 valence electrons. The molecule has 0 saturated heterocycles. The molecule has 1 heterocycles. The van der Waals surface area contributed by atoms with Gasteiger partial charge in [-0.1, -0.05) is 27.2 Å². The van der Waals surface area contributed by atoms with E-state index in [4.69, 9.17) is 4.42 Å². The summed E-state index contributed by atoms with van der Waals surface area (Å²) in [5, 5.41) is 3.20. The van der Waals surface area contributed by atoms with Crippen LogP contribution in [0.2, 0.25) is 0 Å². The Morgan fingerprint density at radius 3 is 2.52 bits per heavy atom. The highest BCUT2D eigenvalue weighted by Gasteiger charge is 2.24. The van der Waals surface area contributed by atoms with Crippen LogP contribution in [-0.2, 0) is 16.6 Å². The predicted molar refractivity (Wildman–Crippen MR) is 84.7 cm³/mol. The lowest BCUT2D eigenvalue weighted by Crippen LogP contribution is -2.36. The van der Waals surface area contributed by atoms with Crippen molar-refractivity contribution in [3.05, 3.63) is 17.6 Å². The molecule has 0 amide bonds. The third kappa shape index (κ3) is 5.13. The first kappa shape index (κ1) is 18.2. The first-order chi connectivity index (χ1) is 9.81. The number of rotatable bonds is 9. The number of hydrogen-bond acceptors (Lipinski definition) is 4. The second-order valence-corrected chi connectivity index (χ2v) is 7.29. The Bertz CT molecular complexity index is 537. The molecule has 0 fully saturated rings. The molecule has 21 heavy (non-hydrogen) atoms. The third-order valence-corrected chi connectivity index (χ3v) is 5.44. The number of nitrogens with one attached hydrogen (secondary N) is 2. The van der Waals surface area contributed by atoms with Gasteiger partial charge in [0.2, 0.25) is 10.0 Å². The van der Waals surface area contributed by atoms with Gasteiger partial charge >= 0.3 is 0 Å². The number of sulfonamides is 1. The van der Waals surface area contributed by atoms with Crippen LogP contribution in [0, 0.1) is 12.8 Å². The maximum Gasteiger partial charge on any atom is 0.244 e. The van der Waals surface area contributed by atoms with Crippen LogP contribution < -0.4 is 10.0 Å². The molecule has 0 aliphatic carbocycles. The zero-order chi connectivity index (χ0) is 16.0. The van der Waals surface area contributed by atoms with Gasteiger partial charge in [0.25, 0.3) is 0 Å². The van der Waals surface area contributed by atoms with Gasteiger partial charge in [0.15, 0.2) is 0 Å². The molecule has 5 nitrogen and oxygen atoms in total. The van der Waals surface area contributed by atoms with E-state index in [1.807, 2.05) is 13.8 Å². The summed E-state index contributed by atoms with van der Waals surface area (Å²) < 4.78 is 33.1. The average molecular weight is 316 g/mol. The quantitative estimate of drug-likeness (QED) is 0.687. The Kier molecular flexibility index (Phi) is 6.90. The summed E-state index contributed by atoms with van der Waals surface area (Å²) in [7, 11) is -3.53. The third-order valence-electron chi connectivity index (χ3n) is 3.78. The second-order valence-electron chi connectivity index (χ2n) is 5.61. The topological polar surface area (TPSA) is 71.3 Å². The Hall–Kier alpha value is -0.850. The summed E-state index contributed by atoms with van der Waals surface area (Å²) in [6.45, 7) is 11.2. The van der Waals surface area contributed by atoms with Gasteiger partial charge in [0.05, 0.1) is 6.54 Å². The van der Waals surface area contributed by atoms with Gasteiger partial charge in [0.1, 0.15) is 16.4 Å². The largest absolute Gasteiger partial charge is 0.464 e. The Labute approximate surface area is 128 Å². The van der Waals surface area contributed by atoms with Crippen LogP contribution in [0.15, 0.2) is 15.4 Å². The highest BCUT2D eigenvalue weighted by molar-refractivity contribution is 7.89. The Morgan fingerprint density at radius 1 is 1.29 bits per heavy atom. The molecule has 2 unspecified atom stereocenters. The lowest BCUT2D eigenvalue weighted by atomic mass is 10.0. The van der Waals surface area contributed by atoms with Gasteiger partial charge in [-0.25, -0.2) is 13.1 Å². The maximum atomic E-state index is 12.4. The SMILES string of the molecule is CCCNCc1cc(S(=O)(=O)NC(C)C(C)CC)c(C)o1. The van der Waals surface area contributed by atoms with Crippen molar-refractivity contribution in [1.29, 1.82) is 0 Å². The van der Waals surface area contributed by atoms with Gasteiger partial charge in [-0.3, -0.25) is 0 Å². The first-order valence-corrected chi connectivity index (χ1v) is 9.12. The van der Waals surface area contributed by atoms with Crippen LogP contribution in [0.25, 0.3) is 0 Å². The Balaban J connectivity index is 2.83. The normalized spacial score (nSPS) is 15.1. The molecular formula is C15H28N2O3S. The van der Waals surface area contributed by atoms with Crippen molar-refractivity contribution in [3.63, 3.8) is 0 Å². The molecule has 1 rings (SSSR count). The monoisotopic (exact) mass is 316 g/mol. The minimum Gasteiger partial charge on any atom is -0.464 e. The van der Waals surface area contributed by atoms with E-state index in [0.717, 1.165) is 19.4 Å². The summed E-state index contributed by atoms with van der Waals surface area (Å²) >= 11 is 0. The molecule has 6 heteroatoms. The number of hydrogen-bond donors (Lipinski definition) is 2. The van der Waals surface area contributed by atoms with E-state index < -0.39 is 10.0 Å². The minimum atomic E-state index is -3.53. The van der Waals surface area contributed by atoms with Crippen molar-refractivity contribution >= 4 is 10.0 Å². The van der Waals surface area contributed by atoms with E-state index in [1.54, 1.807) is 13.0 Å². The number of furan rings is 1. The van der Waals surface area contributed by atoms with Crippen molar-refractivity contribution in [2.75, 3.05) is 6.54 Å². The van der Waals surface area contributed by atoms with Crippen molar-refractivity contribution in [2.45, 2.75) is 64.9 Å². The minimum absolute atomic E-state index is 0.101. The van der Waals surface area contributed by atoms with Crippen LogP contribution in [0.5, 0.6) is 0 Å². The lowest BCUT2D eigenvalue weighted by Gasteiger charge is -2.19. The van der Waals surface area contributed by atoms with Crippen LogP contribution in [-0.4, -0.2) is 21.0 Å². The maximum absolute atomic E-state index is 12.4. The van der Waals surface area contributed by atoms with E-state index in [2.05, 4.69) is 23.9 Å². The highest BCUT2D eigenvalue weighted by atomic mass is 32.2. The summed E-state index contributed by atoms with van der Waals surface area (Å²) in [5.74, 6) is 1.38. The lowest BCUT2D eigenvalue weighted by molar-refractivity contribution is 0.432. The average Bonchev–Trinajstić information content (AvgIpc) is 2.79. The van der Waals surface area contributed by atoms with E-state index in [9.17, 15) is 8.42 Å². The fourth-order valence-corrected chi connectivity index (χ4v) is 3.60.